The number of carbonyl (C=O) groups excluding carboxylic acids is 1. The van der Waals surface area contributed by atoms with Gasteiger partial charge in [0, 0.05) is 18.8 Å². The first-order valence-corrected chi connectivity index (χ1v) is 5.92. The van der Waals surface area contributed by atoms with Crippen molar-refractivity contribution >= 4 is 29.0 Å². The Labute approximate surface area is 99.4 Å². The molecule has 0 aromatic carbocycles. The van der Waals surface area contributed by atoms with Crippen molar-refractivity contribution in [2.75, 3.05) is 5.88 Å². The largest absolute Gasteiger partial charge is 0.292 e. The van der Waals surface area contributed by atoms with Gasteiger partial charge in [0.15, 0.2) is 5.78 Å². The Kier molecular flexibility index (Phi) is 5.12. The van der Waals surface area contributed by atoms with E-state index in [0.717, 1.165) is 6.42 Å². The Morgan fingerprint density at radius 3 is 2.93 bits per heavy atom. The molecule has 0 fully saturated rings. The molecule has 0 aliphatic heterocycles. The Hall–Kier alpha value is -0.540. The Bertz CT molecular complexity index is 336. The van der Waals surface area contributed by atoms with Gasteiger partial charge in [0.05, 0.1) is 11.2 Å². The molecule has 0 bridgehead atoms. The van der Waals surface area contributed by atoms with Crippen LogP contribution in [-0.2, 0) is 6.54 Å². The third-order valence-corrected chi connectivity index (χ3v) is 2.58. The molecule has 0 N–H and O–H groups in total. The van der Waals surface area contributed by atoms with E-state index < -0.39 is 0 Å². The average Bonchev–Trinajstić information content (AvgIpc) is 2.57. The maximum atomic E-state index is 11.8. The Morgan fingerprint density at radius 2 is 2.33 bits per heavy atom. The third kappa shape index (κ3) is 3.21. The maximum Gasteiger partial charge on any atom is 0.182 e. The van der Waals surface area contributed by atoms with Crippen molar-refractivity contribution in [1.29, 1.82) is 0 Å². The second-order valence-corrected chi connectivity index (χ2v) is 4.07. The highest BCUT2D eigenvalue weighted by Crippen LogP contribution is 2.18. The number of rotatable bonds is 6. The topological polar surface area (TPSA) is 34.9 Å². The van der Waals surface area contributed by atoms with E-state index in [2.05, 4.69) is 5.10 Å². The van der Waals surface area contributed by atoms with Crippen LogP contribution in [0.15, 0.2) is 6.20 Å². The molecule has 0 unspecified atom stereocenters. The monoisotopic (exact) mass is 248 g/mol. The number of alkyl halides is 1. The molecular formula is C10H14Cl2N2O. The molecule has 1 rings (SSSR count). The summed E-state index contributed by atoms with van der Waals surface area (Å²) in [6, 6.07) is 0. The zero-order valence-electron chi connectivity index (χ0n) is 8.67. The molecule has 0 saturated carbocycles. The van der Waals surface area contributed by atoms with Crippen molar-refractivity contribution in [3.05, 3.63) is 16.9 Å². The first-order valence-electron chi connectivity index (χ1n) is 5.01. The molecule has 1 aromatic heterocycles. The summed E-state index contributed by atoms with van der Waals surface area (Å²) < 4.78 is 1.67. The van der Waals surface area contributed by atoms with Crippen LogP contribution in [0.25, 0.3) is 0 Å². The minimum absolute atomic E-state index is 0.0200. The van der Waals surface area contributed by atoms with Gasteiger partial charge >= 0.3 is 0 Å². The van der Waals surface area contributed by atoms with Crippen LogP contribution >= 0.6 is 23.2 Å². The Balaban J connectivity index is 2.80. The van der Waals surface area contributed by atoms with Gasteiger partial charge in [-0.15, -0.1) is 11.6 Å². The van der Waals surface area contributed by atoms with E-state index in [1.165, 1.54) is 6.20 Å². The quantitative estimate of drug-likeness (QED) is 0.573. The van der Waals surface area contributed by atoms with Crippen LogP contribution in [0.4, 0.5) is 0 Å². The van der Waals surface area contributed by atoms with Crippen molar-refractivity contribution in [2.24, 2.45) is 0 Å². The molecular weight excluding hydrogens is 235 g/mol. The summed E-state index contributed by atoms with van der Waals surface area (Å²) in [5, 5.41) is 4.50. The van der Waals surface area contributed by atoms with Crippen molar-refractivity contribution < 1.29 is 4.79 Å². The second-order valence-electron chi connectivity index (χ2n) is 3.28. The van der Waals surface area contributed by atoms with E-state index in [0.29, 0.717) is 36.0 Å². The molecule has 0 aliphatic carbocycles. The van der Waals surface area contributed by atoms with Gasteiger partial charge in [-0.25, -0.2) is 0 Å². The SMILES string of the molecule is CCCn1ncc(Cl)c1C(=O)CCCCl. The first-order chi connectivity index (χ1) is 7.20. The van der Waals surface area contributed by atoms with Crippen LogP contribution in [0.3, 0.4) is 0 Å². The molecule has 5 heteroatoms. The van der Waals surface area contributed by atoms with Gasteiger partial charge in [-0.1, -0.05) is 18.5 Å². The van der Waals surface area contributed by atoms with E-state index in [1.807, 2.05) is 6.92 Å². The lowest BCUT2D eigenvalue weighted by Gasteiger charge is -2.04. The number of carbonyl (C=O) groups is 1. The number of hydrogen-bond donors (Lipinski definition) is 0. The molecule has 1 heterocycles. The number of Topliss-reactive ketones (excluding diaryl/α,β-unsaturated/α-hetero) is 1. The molecule has 0 atom stereocenters. The first kappa shape index (κ1) is 12.5. The normalized spacial score (nSPS) is 10.6. The summed E-state index contributed by atoms with van der Waals surface area (Å²) in [6.45, 7) is 2.75. The van der Waals surface area contributed by atoms with Crippen LogP contribution in [0, 0.1) is 0 Å². The van der Waals surface area contributed by atoms with Gasteiger partial charge in [-0.05, 0) is 12.8 Å². The number of nitrogens with zero attached hydrogens (tertiary/aromatic N) is 2. The van der Waals surface area contributed by atoms with Gasteiger partial charge in [-0.3, -0.25) is 9.48 Å². The second kappa shape index (κ2) is 6.13. The lowest BCUT2D eigenvalue weighted by molar-refractivity contribution is 0.0971. The summed E-state index contributed by atoms with van der Waals surface area (Å²) in [7, 11) is 0. The number of ketones is 1. The maximum absolute atomic E-state index is 11.8. The van der Waals surface area contributed by atoms with E-state index in [-0.39, 0.29) is 5.78 Å². The van der Waals surface area contributed by atoms with Gasteiger partial charge in [0.25, 0.3) is 0 Å². The molecule has 0 radical (unpaired) electrons. The lowest BCUT2D eigenvalue weighted by atomic mass is 10.2. The van der Waals surface area contributed by atoms with Crippen LogP contribution in [0.2, 0.25) is 5.02 Å². The molecule has 3 nitrogen and oxygen atoms in total. The van der Waals surface area contributed by atoms with E-state index >= 15 is 0 Å². The highest BCUT2D eigenvalue weighted by atomic mass is 35.5. The average molecular weight is 249 g/mol. The van der Waals surface area contributed by atoms with E-state index in [4.69, 9.17) is 23.2 Å². The predicted octanol–water partition coefficient (Wildman–Crippen LogP) is 3.15. The standard InChI is InChI=1S/C10H14Cl2N2O/c1-2-6-14-10(8(12)7-13-14)9(15)4-3-5-11/h7H,2-6H2,1H3. The van der Waals surface area contributed by atoms with Crippen LogP contribution in [0.5, 0.6) is 0 Å². The minimum Gasteiger partial charge on any atom is -0.292 e. The molecule has 0 spiro atoms. The van der Waals surface area contributed by atoms with Gasteiger partial charge < -0.3 is 0 Å². The van der Waals surface area contributed by atoms with Gasteiger partial charge in [0.2, 0.25) is 0 Å². The van der Waals surface area contributed by atoms with Gasteiger partial charge in [0.1, 0.15) is 5.69 Å². The highest BCUT2D eigenvalue weighted by molar-refractivity contribution is 6.33. The molecule has 0 amide bonds. The zero-order valence-corrected chi connectivity index (χ0v) is 10.2. The zero-order chi connectivity index (χ0) is 11.3. The van der Waals surface area contributed by atoms with E-state index in [1.54, 1.807) is 4.68 Å². The molecule has 84 valence electrons. The van der Waals surface area contributed by atoms with Crippen molar-refractivity contribution in [3.63, 3.8) is 0 Å². The fourth-order valence-corrected chi connectivity index (χ4v) is 1.75. The molecule has 0 saturated heterocycles. The number of halogens is 2. The third-order valence-electron chi connectivity index (χ3n) is 2.03. The highest BCUT2D eigenvalue weighted by Gasteiger charge is 2.16. The minimum atomic E-state index is 0.0200. The van der Waals surface area contributed by atoms with Crippen molar-refractivity contribution in [2.45, 2.75) is 32.7 Å². The molecule has 1 aromatic rings. The van der Waals surface area contributed by atoms with Gasteiger partial charge in [-0.2, -0.15) is 5.10 Å². The number of aromatic nitrogens is 2. The fourth-order valence-electron chi connectivity index (χ4n) is 1.37. The van der Waals surface area contributed by atoms with Crippen molar-refractivity contribution in [1.82, 2.24) is 9.78 Å². The van der Waals surface area contributed by atoms with Crippen molar-refractivity contribution in [3.8, 4) is 0 Å². The van der Waals surface area contributed by atoms with Crippen LogP contribution in [0.1, 0.15) is 36.7 Å². The smallest absolute Gasteiger partial charge is 0.182 e. The number of hydrogen-bond acceptors (Lipinski definition) is 2. The molecule has 0 aliphatic rings. The summed E-state index contributed by atoms with van der Waals surface area (Å²) in [6.07, 6.45) is 3.55. The molecule has 15 heavy (non-hydrogen) atoms. The Morgan fingerprint density at radius 1 is 1.60 bits per heavy atom. The lowest BCUT2D eigenvalue weighted by Crippen LogP contribution is -2.11. The summed E-state index contributed by atoms with van der Waals surface area (Å²) in [5.74, 6) is 0.511. The fraction of sp³-hybridized carbons (Fsp3) is 0.600. The van der Waals surface area contributed by atoms with E-state index in [9.17, 15) is 4.79 Å². The number of aryl methyl sites for hydroxylation is 1. The van der Waals surface area contributed by atoms with Crippen LogP contribution < -0.4 is 0 Å². The summed E-state index contributed by atoms with van der Waals surface area (Å²) >= 11 is 11.5. The predicted molar refractivity (Wildman–Crippen MR) is 61.8 cm³/mol. The summed E-state index contributed by atoms with van der Waals surface area (Å²) in [4.78, 5) is 11.8. The van der Waals surface area contributed by atoms with Crippen LogP contribution in [-0.4, -0.2) is 21.4 Å². The summed E-state index contributed by atoms with van der Waals surface area (Å²) in [5.41, 5.74) is 0.517.